The van der Waals surface area contributed by atoms with E-state index in [1.165, 1.54) is 102 Å². The number of ether oxygens (including phenoxy) is 1. The highest BCUT2D eigenvalue weighted by molar-refractivity contribution is 5.81. The van der Waals surface area contributed by atoms with E-state index in [4.69, 9.17) is 4.74 Å². The first-order valence-corrected chi connectivity index (χ1v) is 11.6. The zero-order valence-corrected chi connectivity index (χ0v) is 18.8. The fraction of sp³-hybridized carbons (Fsp3) is 0.875. The van der Waals surface area contributed by atoms with Crippen molar-refractivity contribution < 1.29 is 14.0 Å². The van der Waals surface area contributed by atoms with Gasteiger partial charge in [-0.2, -0.15) is 0 Å². The van der Waals surface area contributed by atoms with Gasteiger partial charge in [0.15, 0.2) is 0 Å². The molecule has 0 atom stereocenters. The summed E-state index contributed by atoms with van der Waals surface area (Å²) in [5, 5.41) is 0. The molecule has 3 heteroatoms. The van der Waals surface area contributed by atoms with Gasteiger partial charge < -0.3 is 9.22 Å². The van der Waals surface area contributed by atoms with Gasteiger partial charge in [0.1, 0.15) is 13.2 Å². The summed E-state index contributed by atoms with van der Waals surface area (Å²) in [5.74, 6) is -0.318. The molecule has 0 amide bonds. The molecule has 0 spiro atoms. The van der Waals surface area contributed by atoms with Gasteiger partial charge in [-0.25, -0.2) is 4.79 Å². The van der Waals surface area contributed by atoms with E-state index in [-0.39, 0.29) is 5.97 Å². The van der Waals surface area contributed by atoms with Crippen LogP contribution >= 0.6 is 0 Å². The quantitative estimate of drug-likeness (QED) is 0.102. The number of carbonyl (C=O) groups excluding carboxylic acids is 1. The standard InChI is InChI=1S/C24H48NO2/c1-5-7-8-9-10-11-12-13-14-15-16-17-18-19-20-21-25(3,4)22-23-27-24(26)6-2/h6H,2,5,7-23H2,1,3-4H3/q+1. The highest BCUT2D eigenvalue weighted by Gasteiger charge is 2.14. The Balaban J connectivity index is 3.29. The molecule has 0 aromatic rings. The molecule has 0 N–H and O–H groups in total. The molecule has 0 radical (unpaired) electrons. The van der Waals surface area contributed by atoms with Crippen LogP contribution in [0.25, 0.3) is 0 Å². The fourth-order valence-electron chi connectivity index (χ4n) is 3.48. The van der Waals surface area contributed by atoms with Crippen molar-refractivity contribution in [3.63, 3.8) is 0 Å². The van der Waals surface area contributed by atoms with Crippen molar-refractivity contribution >= 4 is 5.97 Å². The SMILES string of the molecule is C=CC(=O)OCC[N+](C)(C)CCCCCCCCCCCCCCCCC. The van der Waals surface area contributed by atoms with Crippen LogP contribution in [0.15, 0.2) is 12.7 Å². The summed E-state index contributed by atoms with van der Waals surface area (Å²) in [7, 11) is 4.43. The molecule has 0 rings (SSSR count). The summed E-state index contributed by atoms with van der Waals surface area (Å²) in [5.41, 5.74) is 0. The highest BCUT2D eigenvalue weighted by Crippen LogP contribution is 2.13. The zero-order valence-electron chi connectivity index (χ0n) is 18.8. The number of carbonyl (C=O) groups is 1. The molecule has 0 unspecified atom stereocenters. The molecule has 0 aromatic carbocycles. The van der Waals surface area contributed by atoms with Gasteiger partial charge in [-0.05, 0) is 12.8 Å². The third-order valence-electron chi connectivity index (χ3n) is 5.47. The average Bonchev–Trinajstić information content (AvgIpc) is 2.64. The van der Waals surface area contributed by atoms with Crippen LogP contribution in [0.1, 0.15) is 103 Å². The fourth-order valence-corrected chi connectivity index (χ4v) is 3.48. The maximum absolute atomic E-state index is 11.1. The lowest BCUT2D eigenvalue weighted by Gasteiger charge is -2.29. The molecule has 27 heavy (non-hydrogen) atoms. The van der Waals surface area contributed by atoms with Gasteiger partial charge >= 0.3 is 5.97 Å². The number of unbranched alkanes of at least 4 members (excludes halogenated alkanes) is 14. The Kier molecular flexibility index (Phi) is 18.0. The molecule has 0 aliphatic heterocycles. The van der Waals surface area contributed by atoms with E-state index in [9.17, 15) is 4.79 Å². The number of rotatable bonds is 20. The van der Waals surface area contributed by atoms with Crippen LogP contribution in [0.2, 0.25) is 0 Å². The first-order valence-electron chi connectivity index (χ1n) is 11.6. The van der Waals surface area contributed by atoms with Gasteiger partial charge in [-0.1, -0.05) is 97.0 Å². The molecule has 0 aromatic heterocycles. The second-order valence-corrected chi connectivity index (χ2v) is 8.70. The van der Waals surface area contributed by atoms with Gasteiger partial charge in [0.2, 0.25) is 0 Å². The Morgan fingerprint density at radius 3 is 1.56 bits per heavy atom. The highest BCUT2D eigenvalue weighted by atomic mass is 16.5. The average molecular weight is 383 g/mol. The van der Waals surface area contributed by atoms with E-state index in [0.29, 0.717) is 6.61 Å². The van der Waals surface area contributed by atoms with E-state index < -0.39 is 0 Å². The predicted octanol–water partition coefficient (Wildman–Crippen LogP) is 6.66. The van der Waals surface area contributed by atoms with Crippen molar-refractivity contribution in [2.75, 3.05) is 33.8 Å². The van der Waals surface area contributed by atoms with Crippen LogP contribution in [0.3, 0.4) is 0 Å². The second-order valence-electron chi connectivity index (χ2n) is 8.70. The van der Waals surface area contributed by atoms with Crippen molar-refractivity contribution in [2.24, 2.45) is 0 Å². The Morgan fingerprint density at radius 1 is 0.741 bits per heavy atom. The maximum Gasteiger partial charge on any atom is 0.330 e. The third kappa shape index (κ3) is 19.7. The molecule has 0 aliphatic carbocycles. The van der Waals surface area contributed by atoms with Crippen molar-refractivity contribution in [3.8, 4) is 0 Å². The monoisotopic (exact) mass is 382 g/mol. The second kappa shape index (κ2) is 18.5. The van der Waals surface area contributed by atoms with Crippen LogP contribution in [0.5, 0.6) is 0 Å². The van der Waals surface area contributed by atoms with Crippen LogP contribution in [0, 0.1) is 0 Å². The van der Waals surface area contributed by atoms with Crippen LogP contribution in [0.4, 0.5) is 0 Å². The molecular formula is C24H48NO2+. The first-order chi connectivity index (χ1) is 13.0. The van der Waals surface area contributed by atoms with Crippen molar-refractivity contribution in [1.82, 2.24) is 0 Å². The van der Waals surface area contributed by atoms with Gasteiger partial charge in [0.25, 0.3) is 0 Å². The maximum atomic E-state index is 11.1. The topological polar surface area (TPSA) is 26.3 Å². The lowest BCUT2D eigenvalue weighted by atomic mass is 10.0. The summed E-state index contributed by atoms with van der Waals surface area (Å²) in [4.78, 5) is 11.1. The zero-order chi connectivity index (χ0) is 20.2. The lowest BCUT2D eigenvalue weighted by molar-refractivity contribution is -0.890. The molecule has 160 valence electrons. The lowest BCUT2D eigenvalue weighted by Crippen LogP contribution is -2.43. The summed E-state index contributed by atoms with van der Waals surface area (Å²) < 4.78 is 6.00. The smallest absolute Gasteiger partial charge is 0.330 e. The van der Waals surface area contributed by atoms with E-state index >= 15 is 0 Å². The molecule has 0 bridgehead atoms. The van der Waals surface area contributed by atoms with Gasteiger partial charge in [0.05, 0.1) is 20.6 Å². The van der Waals surface area contributed by atoms with Crippen LogP contribution in [-0.2, 0) is 9.53 Å². The summed E-state index contributed by atoms with van der Waals surface area (Å²) in [6.45, 7) is 8.21. The summed E-state index contributed by atoms with van der Waals surface area (Å²) >= 11 is 0. The summed E-state index contributed by atoms with van der Waals surface area (Å²) in [6.07, 6.45) is 22.3. The molecule has 0 fully saturated rings. The van der Waals surface area contributed by atoms with Crippen LogP contribution < -0.4 is 0 Å². The number of quaternary nitrogens is 1. The van der Waals surface area contributed by atoms with Gasteiger partial charge in [-0.15, -0.1) is 0 Å². The van der Waals surface area contributed by atoms with Gasteiger partial charge in [-0.3, -0.25) is 0 Å². The predicted molar refractivity (Wildman–Crippen MR) is 118 cm³/mol. The minimum Gasteiger partial charge on any atom is -0.457 e. The summed E-state index contributed by atoms with van der Waals surface area (Å²) in [6, 6.07) is 0. The Hall–Kier alpha value is -0.830. The molecule has 0 saturated carbocycles. The van der Waals surface area contributed by atoms with Crippen molar-refractivity contribution in [3.05, 3.63) is 12.7 Å². The number of hydrogen-bond donors (Lipinski definition) is 0. The normalized spacial score (nSPS) is 11.5. The van der Waals surface area contributed by atoms with E-state index in [0.717, 1.165) is 17.6 Å². The number of hydrogen-bond acceptors (Lipinski definition) is 2. The Morgan fingerprint density at radius 2 is 1.15 bits per heavy atom. The van der Waals surface area contributed by atoms with Gasteiger partial charge in [0, 0.05) is 6.08 Å². The van der Waals surface area contributed by atoms with Crippen molar-refractivity contribution in [2.45, 2.75) is 103 Å². The van der Waals surface area contributed by atoms with Crippen molar-refractivity contribution in [1.29, 1.82) is 0 Å². The Bertz CT molecular complexity index is 352. The van der Waals surface area contributed by atoms with Crippen LogP contribution in [-0.4, -0.2) is 44.2 Å². The van der Waals surface area contributed by atoms with E-state index in [2.05, 4.69) is 27.6 Å². The minimum atomic E-state index is -0.318. The number of likely N-dealkylation sites (N-methyl/N-ethyl adjacent to an activating group) is 1. The molecule has 0 aliphatic rings. The molecule has 0 heterocycles. The number of esters is 1. The minimum absolute atomic E-state index is 0.318. The largest absolute Gasteiger partial charge is 0.457 e. The first kappa shape index (κ1) is 26.2. The Labute approximate surface area is 170 Å². The van der Waals surface area contributed by atoms with E-state index in [1.54, 1.807) is 0 Å². The van der Waals surface area contributed by atoms with E-state index in [1.807, 2.05) is 0 Å². The number of nitrogens with zero attached hydrogens (tertiary/aromatic N) is 1. The third-order valence-corrected chi connectivity index (χ3v) is 5.47. The molecular weight excluding hydrogens is 334 g/mol. The molecule has 0 saturated heterocycles. The molecule has 3 nitrogen and oxygen atoms in total.